The van der Waals surface area contributed by atoms with Crippen LogP contribution in [-0.4, -0.2) is 12.0 Å². The molecule has 122 valence electrons. The number of amides is 1. The smallest absolute Gasteiger partial charge is 0.265 e. The predicted octanol–water partition coefficient (Wildman–Crippen LogP) is 4.83. The van der Waals surface area contributed by atoms with E-state index < -0.39 is 6.10 Å². The molecule has 3 heteroatoms. The highest BCUT2D eigenvalue weighted by molar-refractivity contribution is 5.94. The summed E-state index contributed by atoms with van der Waals surface area (Å²) in [5.74, 6) is 0.954. The molecule has 0 saturated carbocycles. The number of anilines is 1. The lowest BCUT2D eigenvalue weighted by Crippen LogP contribution is -2.30. The van der Waals surface area contributed by atoms with Crippen molar-refractivity contribution in [1.29, 1.82) is 0 Å². The Hall–Kier alpha value is -2.29. The van der Waals surface area contributed by atoms with E-state index in [2.05, 4.69) is 19.2 Å². The molecule has 23 heavy (non-hydrogen) atoms. The van der Waals surface area contributed by atoms with Crippen LogP contribution in [0.15, 0.2) is 42.5 Å². The summed E-state index contributed by atoms with van der Waals surface area (Å²) in [5.41, 5.74) is 4.19. The molecule has 2 rings (SSSR count). The summed E-state index contributed by atoms with van der Waals surface area (Å²) in [6.45, 7) is 10.0. The van der Waals surface area contributed by atoms with Crippen molar-refractivity contribution in [2.24, 2.45) is 0 Å². The number of nitrogens with one attached hydrogen (secondary N) is 1. The van der Waals surface area contributed by atoms with Crippen LogP contribution >= 0.6 is 0 Å². The Morgan fingerprint density at radius 2 is 1.74 bits per heavy atom. The Bertz CT molecular complexity index is 692. The van der Waals surface area contributed by atoms with Crippen LogP contribution in [0, 0.1) is 13.8 Å². The second kappa shape index (κ2) is 7.32. The van der Waals surface area contributed by atoms with Gasteiger partial charge >= 0.3 is 0 Å². The number of carbonyl (C=O) groups excluding carboxylic acids is 1. The fourth-order valence-corrected chi connectivity index (χ4v) is 2.52. The third-order valence-electron chi connectivity index (χ3n) is 3.84. The van der Waals surface area contributed by atoms with E-state index in [1.165, 1.54) is 5.56 Å². The molecule has 0 saturated heterocycles. The lowest BCUT2D eigenvalue weighted by Gasteiger charge is -2.18. The Labute approximate surface area is 138 Å². The van der Waals surface area contributed by atoms with Crippen LogP contribution < -0.4 is 10.1 Å². The molecule has 1 unspecified atom stereocenters. The number of benzene rings is 2. The van der Waals surface area contributed by atoms with Crippen molar-refractivity contribution in [3.8, 4) is 5.75 Å². The lowest BCUT2D eigenvalue weighted by molar-refractivity contribution is -0.122. The van der Waals surface area contributed by atoms with Gasteiger partial charge < -0.3 is 10.1 Å². The number of para-hydroxylation sites is 1. The molecule has 0 aliphatic carbocycles. The van der Waals surface area contributed by atoms with Crippen LogP contribution in [0.2, 0.25) is 0 Å². The Kier molecular flexibility index (Phi) is 5.43. The van der Waals surface area contributed by atoms with Crippen molar-refractivity contribution >= 4 is 11.6 Å². The van der Waals surface area contributed by atoms with E-state index in [1.807, 2.05) is 56.3 Å². The van der Waals surface area contributed by atoms with Gasteiger partial charge in [-0.05, 0) is 49.9 Å². The van der Waals surface area contributed by atoms with Crippen LogP contribution in [0.25, 0.3) is 0 Å². The van der Waals surface area contributed by atoms with Gasteiger partial charge in [0.1, 0.15) is 5.75 Å². The van der Waals surface area contributed by atoms with Gasteiger partial charge in [0.15, 0.2) is 6.10 Å². The Morgan fingerprint density at radius 1 is 1.04 bits per heavy atom. The van der Waals surface area contributed by atoms with Crippen LogP contribution in [0.5, 0.6) is 5.75 Å². The average Bonchev–Trinajstić information content (AvgIpc) is 2.50. The van der Waals surface area contributed by atoms with Gasteiger partial charge in [-0.25, -0.2) is 0 Å². The highest BCUT2D eigenvalue weighted by Gasteiger charge is 2.17. The zero-order valence-electron chi connectivity index (χ0n) is 14.5. The van der Waals surface area contributed by atoms with Crippen molar-refractivity contribution in [1.82, 2.24) is 0 Å². The molecule has 3 nitrogen and oxygen atoms in total. The molecule has 0 aromatic heterocycles. The molecule has 0 bridgehead atoms. The summed E-state index contributed by atoms with van der Waals surface area (Å²) >= 11 is 0. The summed E-state index contributed by atoms with van der Waals surface area (Å²) < 4.78 is 5.82. The fraction of sp³-hybridized carbons (Fsp3) is 0.350. The molecule has 0 spiro atoms. The summed E-state index contributed by atoms with van der Waals surface area (Å²) in [4.78, 5) is 12.4. The van der Waals surface area contributed by atoms with Crippen molar-refractivity contribution < 1.29 is 9.53 Å². The maximum Gasteiger partial charge on any atom is 0.265 e. The quantitative estimate of drug-likeness (QED) is 0.858. The van der Waals surface area contributed by atoms with Crippen molar-refractivity contribution in [3.05, 3.63) is 59.2 Å². The minimum Gasteiger partial charge on any atom is -0.481 e. The van der Waals surface area contributed by atoms with Crippen molar-refractivity contribution in [2.75, 3.05) is 5.32 Å². The van der Waals surface area contributed by atoms with Gasteiger partial charge in [0, 0.05) is 5.69 Å². The largest absolute Gasteiger partial charge is 0.481 e. The summed E-state index contributed by atoms with van der Waals surface area (Å²) in [6, 6.07) is 13.8. The first-order valence-electron chi connectivity index (χ1n) is 8.02. The van der Waals surface area contributed by atoms with Crippen molar-refractivity contribution in [2.45, 2.75) is 46.6 Å². The molecule has 1 amide bonds. The first kappa shape index (κ1) is 17.1. The SMILES string of the molecule is Cc1ccc(OC(C)C(=O)Nc2ccccc2C(C)C)c(C)c1. The van der Waals surface area contributed by atoms with Gasteiger partial charge in [0.25, 0.3) is 5.91 Å². The van der Waals surface area contributed by atoms with Crippen LogP contribution in [0.4, 0.5) is 5.69 Å². The molecular weight excluding hydrogens is 286 g/mol. The van der Waals surface area contributed by atoms with E-state index in [9.17, 15) is 4.79 Å². The van der Waals surface area contributed by atoms with Gasteiger partial charge in [0.05, 0.1) is 0 Å². The highest BCUT2D eigenvalue weighted by Crippen LogP contribution is 2.24. The molecule has 2 aromatic rings. The third-order valence-corrected chi connectivity index (χ3v) is 3.84. The number of hydrogen-bond donors (Lipinski definition) is 1. The average molecular weight is 311 g/mol. The summed E-state index contributed by atoms with van der Waals surface area (Å²) in [5, 5.41) is 2.98. The number of carbonyl (C=O) groups is 1. The molecule has 1 N–H and O–H groups in total. The van der Waals surface area contributed by atoms with E-state index in [1.54, 1.807) is 6.92 Å². The molecular formula is C20H25NO2. The molecule has 0 fully saturated rings. The third kappa shape index (κ3) is 4.35. The topological polar surface area (TPSA) is 38.3 Å². The molecule has 0 heterocycles. The first-order valence-corrected chi connectivity index (χ1v) is 8.02. The molecule has 1 atom stereocenters. The minimum atomic E-state index is -0.559. The van der Waals surface area contributed by atoms with E-state index in [-0.39, 0.29) is 5.91 Å². The summed E-state index contributed by atoms with van der Waals surface area (Å²) in [7, 11) is 0. The van der Waals surface area contributed by atoms with E-state index in [4.69, 9.17) is 4.74 Å². The Morgan fingerprint density at radius 3 is 2.39 bits per heavy atom. The predicted molar refractivity (Wildman–Crippen MR) is 95.2 cm³/mol. The van der Waals surface area contributed by atoms with Crippen LogP contribution in [0.1, 0.15) is 43.4 Å². The van der Waals surface area contributed by atoms with E-state index in [0.717, 1.165) is 22.6 Å². The van der Waals surface area contributed by atoms with Gasteiger partial charge in [-0.2, -0.15) is 0 Å². The number of rotatable bonds is 5. The zero-order valence-corrected chi connectivity index (χ0v) is 14.5. The Balaban J connectivity index is 2.09. The van der Waals surface area contributed by atoms with Gasteiger partial charge in [-0.1, -0.05) is 49.7 Å². The van der Waals surface area contributed by atoms with Crippen LogP contribution in [-0.2, 0) is 4.79 Å². The zero-order chi connectivity index (χ0) is 17.0. The normalized spacial score (nSPS) is 12.1. The van der Waals surface area contributed by atoms with Gasteiger partial charge in [-0.3, -0.25) is 4.79 Å². The number of hydrogen-bond acceptors (Lipinski definition) is 2. The fourth-order valence-electron chi connectivity index (χ4n) is 2.52. The monoisotopic (exact) mass is 311 g/mol. The second-order valence-corrected chi connectivity index (χ2v) is 6.26. The van der Waals surface area contributed by atoms with E-state index >= 15 is 0 Å². The van der Waals surface area contributed by atoms with Gasteiger partial charge in [0.2, 0.25) is 0 Å². The molecule has 0 aliphatic rings. The molecule has 0 aliphatic heterocycles. The van der Waals surface area contributed by atoms with Crippen molar-refractivity contribution in [3.63, 3.8) is 0 Å². The first-order chi connectivity index (χ1) is 10.9. The molecule has 0 radical (unpaired) electrons. The lowest BCUT2D eigenvalue weighted by atomic mass is 10.0. The maximum atomic E-state index is 12.4. The molecule has 2 aromatic carbocycles. The van der Waals surface area contributed by atoms with Gasteiger partial charge in [-0.15, -0.1) is 0 Å². The van der Waals surface area contributed by atoms with Crippen LogP contribution in [0.3, 0.4) is 0 Å². The second-order valence-electron chi connectivity index (χ2n) is 6.26. The minimum absolute atomic E-state index is 0.141. The standard InChI is InChI=1S/C20H25NO2/c1-13(2)17-8-6-7-9-18(17)21-20(22)16(5)23-19-11-10-14(3)12-15(19)4/h6-13,16H,1-5H3,(H,21,22). The highest BCUT2D eigenvalue weighted by atomic mass is 16.5. The summed E-state index contributed by atoms with van der Waals surface area (Å²) in [6.07, 6.45) is -0.559. The number of ether oxygens (including phenoxy) is 1. The van der Waals surface area contributed by atoms with E-state index in [0.29, 0.717) is 5.92 Å². The maximum absolute atomic E-state index is 12.4. The number of aryl methyl sites for hydroxylation is 2.